The molecule has 0 atom stereocenters. The summed E-state index contributed by atoms with van der Waals surface area (Å²) in [6.45, 7) is 3.08. The summed E-state index contributed by atoms with van der Waals surface area (Å²) in [6.07, 6.45) is 3.69. The van der Waals surface area contributed by atoms with E-state index >= 15 is 0 Å². The fourth-order valence-electron chi connectivity index (χ4n) is 2.09. The highest BCUT2D eigenvalue weighted by Gasteiger charge is 2.41. The van der Waals surface area contributed by atoms with E-state index in [-0.39, 0.29) is 5.97 Å². The number of carbonyl (C=O) groups excluding carboxylic acids is 1. The van der Waals surface area contributed by atoms with E-state index in [1.165, 1.54) is 0 Å². The van der Waals surface area contributed by atoms with Crippen LogP contribution in [-0.2, 0) is 9.53 Å². The van der Waals surface area contributed by atoms with Crippen LogP contribution in [0.1, 0.15) is 32.6 Å². The Morgan fingerprint density at radius 2 is 2.25 bits per heavy atom. The number of ether oxygens (including phenoxy) is 1. The highest BCUT2D eigenvalue weighted by atomic mass is 16.5. The molecule has 0 unspecified atom stereocenters. The Balaban J connectivity index is 2.51. The van der Waals surface area contributed by atoms with Crippen LogP contribution in [0, 0.1) is 0 Å². The molecule has 0 radical (unpaired) electrons. The van der Waals surface area contributed by atoms with E-state index in [4.69, 9.17) is 10.3 Å². The number of hydrogen-bond acceptors (Lipinski definition) is 4. The highest BCUT2D eigenvalue weighted by Crippen LogP contribution is 2.30. The molecule has 0 spiro atoms. The molecule has 1 fully saturated rings. The second kappa shape index (κ2) is 6.35. The first-order chi connectivity index (χ1) is 7.75. The number of hydrogen-bond donors (Lipinski definition) is 1. The maximum Gasteiger partial charge on any atom is 0.326 e. The Morgan fingerprint density at radius 1 is 1.56 bits per heavy atom. The van der Waals surface area contributed by atoms with Crippen LogP contribution in [0.2, 0.25) is 0 Å². The van der Waals surface area contributed by atoms with Gasteiger partial charge in [-0.15, -0.1) is 0 Å². The van der Waals surface area contributed by atoms with Gasteiger partial charge in [0.1, 0.15) is 5.54 Å². The van der Waals surface area contributed by atoms with Crippen LogP contribution in [0.15, 0.2) is 5.11 Å². The zero-order chi connectivity index (χ0) is 11.9. The van der Waals surface area contributed by atoms with E-state index < -0.39 is 5.54 Å². The Kier molecular flexibility index (Phi) is 5.08. The van der Waals surface area contributed by atoms with Gasteiger partial charge < -0.3 is 10.1 Å². The average Bonchev–Trinajstić information content (AvgIpc) is 2.75. The summed E-state index contributed by atoms with van der Waals surface area (Å²) in [5, 5.41) is 6.61. The van der Waals surface area contributed by atoms with Crippen molar-refractivity contribution in [1.29, 1.82) is 0 Å². The van der Waals surface area contributed by atoms with Crippen LogP contribution in [0.25, 0.3) is 10.4 Å². The predicted molar refractivity (Wildman–Crippen MR) is 59.8 cm³/mol. The Morgan fingerprint density at radius 3 is 2.81 bits per heavy atom. The molecule has 0 bridgehead atoms. The number of azide groups is 1. The number of carbonyl (C=O) groups is 1. The lowest BCUT2D eigenvalue weighted by molar-refractivity contribution is -0.151. The first kappa shape index (κ1) is 12.8. The molecule has 1 aliphatic rings. The van der Waals surface area contributed by atoms with Crippen molar-refractivity contribution in [3.8, 4) is 0 Å². The molecule has 0 saturated heterocycles. The molecule has 6 heteroatoms. The van der Waals surface area contributed by atoms with E-state index in [1.54, 1.807) is 6.92 Å². The molecule has 1 aliphatic carbocycles. The number of rotatable bonds is 6. The zero-order valence-electron chi connectivity index (χ0n) is 9.61. The number of nitrogens with zero attached hydrogens (tertiary/aromatic N) is 3. The lowest BCUT2D eigenvalue weighted by Gasteiger charge is -2.27. The highest BCUT2D eigenvalue weighted by molar-refractivity contribution is 5.81. The van der Waals surface area contributed by atoms with Crippen molar-refractivity contribution in [2.75, 3.05) is 19.7 Å². The molecule has 90 valence electrons. The third-order valence-corrected chi connectivity index (χ3v) is 2.86. The van der Waals surface area contributed by atoms with Gasteiger partial charge in [0.15, 0.2) is 0 Å². The maximum absolute atomic E-state index is 11.8. The minimum Gasteiger partial charge on any atom is -0.465 e. The van der Waals surface area contributed by atoms with Gasteiger partial charge in [0.2, 0.25) is 0 Å². The van der Waals surface area contributed by atoms with Crippen LogP contribution in [0.4, 0.5) is 0 Å². The van der Waals surface area contributed by atoms with Gasteiger partial charge in [0.25, 0.3) is 0 Å². The molecule has 1 N–H and O–H groups in total. The molecular formula is C10H18N4O2. The molecule has 0 aromatic heterocycles. The van der Waals surface area contributed by atoms with Gasteiger partial charge in [-0.05, 0) is 25.3 Å². The standard InChI is InChI=1S/C10H18N4O2/c1-2-16-9(15)10(5-3-4-6-10)12-7-8-13-14-11/h12H,2-8H2,1H3. The number of esters is 1. The monoisotopic (exact) mass is 226 g/mol. The van der Waals surface area contributed by atoms with Crippen LogP contribution >= 0.6 is 0 Å². The van der Waals surface area contributed by atoms with Crippen LogP contribution in [0.3, 0.4) is 0 Å². The van der Waals surface area contributed by atoms with Crippen LogP contribution in [-0.4, -0.2) is 31.2 Å². The maximum atomic E-state index is 11.8. The quantitative estimate of drug-likeness (QED) is 0.246. The summed E-state index contributed by atoms with van der Waals surface area (Å²) in [6, 6.07) is 0. The van der Waals surface area contributed by atoms with E-state index in [0.717, 1.165) is 25.7 Å². The second-order valence-corrected chi connectivity index (χ2v) is 3.89. The minimum atomic E-state index is -0.541. The summed E-state index contributed by atoms with van der Waals surface area (Å²) >= 11 is 0. The Labute approximate surface area is 95.0 Å². The van der Waals surface area contributed by atoms with Crippen molar-refractivity contribution in [2.24, 2.45) is 5.11 Å². The largest absolute Gasteiger partial charge is 0.465 e. The first-order valence-electron chi connectivity index (χ1n) is 5.68. The zero-order valence-corrected chi connectivity index (χ0v) is 9.61. The normalized spacial score (nSPS) is 17.8. The Bertz CT molecular complexity index is 281. The van der Waals surface area contributed by atoms with Gasteiger partial charge in [-0.2, -0.15) is 0 Å². The van der Waals surface area contributed by atoms with E-state index in [9.17, 15) is 4.79 Å². The van der Waals surface area contributed by atoms with E-state index in [1.807, 2.05) is 0 Å². The summed E-state index contributed by atoms with van der Waals surface area (Å²) in [7, 11) is 0. The van der Waals surface area contributed by atoms with Gasteiger partial charge in [0.05, 0.1) is 6.61 Å². The van der Waals surface area contributed by atoms with Gasteiger partial charge in [-0.3, -0.25) is 4.79 Å². The van der Waals surface area contributed by atoms with Crippen LogP contribution < -0.4 is 5.32 Å². The van der Waals surface area contributed by atoms with Crippen molar-refractivity contribution in [2.45, 2.75) is 38.1 Å². The van der Waals surface area contributed by atoms with Gasteiger partial charge in [-0.1, -0.05) is 18.0 Å². The average molecular weight is 226 g/mol. The first-order valence-corrected chi connectivity index (χ1v) is 5.68. The van der Waals surface area contributed by atoms with E-state index in [0.29, 0.717) is 19.7 Å². The van der Waals surface area contributed by atoms with Crippen molar-refractivity contribution in [3.05, 3.63) is 10.4 Å². The molecule has 6 nitrogen and oxygen atoms in total. The minimum absolute atomic E-state index is 0.173. The summed E-state index contributed by atoms with van der Waals surface area (Å²) in [5.41, 5.74) is 7.61. The fraction of sp³-hybridized carbons (Fsp3) is 0.900. The fourth-order valence-corrected chi connectivity index (χ4v) is 2.09. The predicted octanol–water partition coefficient (Wildman–Crippen LogP) is 1.76. The van der Waals surface area contributed by atoms with Gasteiger partial charge in [0, 0.05) is 18.0 Å². The second-order valence-electron chi connectivity index (χ2n) is 3.89. The van der Waals surface area contributed by atoms with Gasteiger partial charge >= 0.3 is 5.97 Å². The van der Waals surface area contributed by atoms with Crippen molar-refractivity contribution >= 4 is 5.97 Å². The molecule has 0 amide bonds. The molecule has 0 aliphatic heterocycles. The van der Waals surface area contributed by atoms with Crippen LogP contribution in [0.5, 0.6) is 0 Å². The molecule has 1 saturated carbocycles. The molecule has 0 heterocycles. The van der Waals surface area contributed by atoms with Crippen molar-refractivity contribution in [1.82, 2.24) is 5.32 Å². The van der Waals surface area contributed by atoms with Gasteiger partial charge in [-0.25, -0.2) is 0 Å². The van der Waals surface area contributed by atoms with Crippen molar-refractivity contribution < 1.29 is 9.53 Å². The third-order valence-electron chi connectivity index (χ3n) is 2.86. The SMILES string of the molecule is CCOC(=O)C1(NCCN=[N+]=[N-])CCCC1. The van der Waals surface area contributed by atoms with Crippen molar-refractivity contribution in [3.63, 3.8) is 0 Å². The smallest absolute Gasteiger partial charge is 0.326 e. The third kappa shape index (κ3) is 3.12. The summed E-state index contributed by atoms with van der Waals surface area (Å²) < 4.78 is 5.08. The van der Waals surface area contributed by atoms with E-state index in [2.05, 4.69) is 15.3 Å². The molecule has 16 heavy (non-hydrogen) atoms. The topological polar surface area (TPSA) is 87.1 Å². The molecular weight excluding hydrogens is 208 g/mol. The molecule has 0 aromatic carbocycles. The molecule has 1 rings (SSSR count). The lowest BCUT2D eigenvalue weighted by Crippen LogP contribution is -2.51. The molecule has 0 aromatic rings. The summed E-state index contributed by atoms with van der Waals surface area (Å²) in [5.74, 6) is -0.173. The number of nitrogens with one attached hydrogen (secondary N) is 1. The lowest BCUT2D eigenvalue weighted by atomic mass is 9.98. The summed E-state index contributed by atoms with van der Waals surface area (Å²) in [4.78, 5) is 14.5. The Hall–Kier alpha value is -1.26.